The van der Waals surface area contributed by atoms with Gasteiger partial charge in [0.05, 0.1) is 0 Å². The fourth-order valence-electron chi connectivity index (χ4n) is 2.43. The van der Waals surface area contributed by atoms with Crippen molar-refractivity contribution in [1.29, 1.82) is 0 Å². The summed E-state index contributed by atoms with van der Waals surface area (Å²) in [5, 5.41) is 3.30. The number of hydrogen-bond acceptors (Lipinski definition) is 2. The SMILES string of the molecule is Cl.O=C1CCCC12CCNCC2. The fourth-order valence-corrected chi connectivity index (χ4v) is 2.43. The molecular formula is C9H16ClNO. The van der Waals surface area contributed by atoms with Crippen molar-refractivity contribution in [3.63, 3.8) is 0 Å². The lowest BCUT2D eigenvalue weighted by Crippen LogP contribution is -2.39. The Balaban J connectivity index is 0.000000720. The zero-order valence-corrected chi connectivity index (χ0v) is 8.08. The predicted octanol–water partition coefficient (Wildman–Crippen LogP) is 1.53. The summed E-state index contributed by atoms with van der Waals surface area (Å²) < 4.78 is 0. The first-order valence-electron chi connectivity index (χ1n) is 4.58. The minimum atomic E-state index is 0. The first-order valence-corrected chi connectivity index (χ1v) is 4.58. The average Bonchev–Trinajstić information content (AvgIpc) is 2.36. The van der Waals surface area contributed by atoms with Crippen LogP contribution in [0.4, 0.5) is 0 Å². The lowest BCUT2D eigenvalue weighted by molar-refractivity contribution is -0.127. The van der Waals surface area contributed by atoms with Crippen molar-refractivity contribution in [1.82, 2.24) is 5.32 Å². The number of carbonyl (C=O) groups excluding carboxylic acids is 1. The molecule has 1 aliphatic carbocycles. The highest BCUT2D eigenvalue weighted by molar-refractivity contribution is 5.86. The van der Waals surface area contributed by atoms with Gasteiger partial charge in [0, 0.05) is 11.8 Å². The van der Waals surface area contributed by atoms with Gasteiger partial charge in [0.15, 0.2) is 0 Å². The molecule has 1 saturated carbocycles. The minimum absolute atomic E-state index is 0. The van der Waals surface area contributed by atoms with E-state index < -0.39 is 0 Å². The van der Waals surface area contributed by atoms with Gasteiger partial charge in [-0.15, -0.1) is 12.4 Å². The smallest absolute Gasteiger partial charge is 0.139 e. The second-order valence-electron chi connectivity index (χ2n) is 3.81. The van der Waals surface area contributed by atoms with Crippen molar-refractivity contribution in [2.75, 3.05) is 13.1 Å². The fraction of sp³-hybridized carbons (Fsp3) is 0.889. The maximum atomic E-state index is 11.5. The summed E-state index contributed by atoms with van der Waals surface area (Å²) in [5.74, 6) is 0.541. The Morgan fingerprint density at radius 3 is 2.33 bits per heavy atom. The summed E-state index contributed by atoms with van der Waals surface area (Å²) >= 11 is 0. The van der Waals surface area contributed by atoms with Gasteiger partial charge in [0.1, 0.15) is 5.78 Å². The molecule has 0 bridgehead atoms. The second kappa shape index (κ2) is 3.75. The topological polar surface area (TPSA) is 29.1 Å². The molecule has 1 aliphatic heterocycles. The molecule has 2 rings (SSSR count). The summed E-state index contributed by atoms with van der Waals surface area (Å²) in [6, 6.07) is 0. The van der Waals surface area contributed by atoms with E-state index in [0.717, 1.165) is 45.2 Å². The number of nitrogens with one attached hydrogen (secondary N) is 1. The average molecular weight is 190 g/mol. The van der Waals surface area contributed by atoms with E-state index in [-0.39, 0.29) is 17.8 Å². The van der Waals surface area contributed by atoms with Gasteiger partial charge in [-0.05, 0) is 38.8 Å². The van der Waals surface area contributed by atoms with Crippen LogP contribution in [0.3, 0.4) is 0 Å². The van der Waals surface area contributed by atoms with Gasteiger partial charge in [-0.1, -0.05) is 0 Å². The molecule has 1 heterocycles. The molecule has 70 valence electrons. The van der Waals surface area contributed by atoms with Crippen LogP contribution in [0.25, 0.3) is 0 Å². The first kappa shape index (κ1) is 10.0. The second-order valence-corrected chi connectivity index (χ2v) is 3.81. The Morgan fingerprint density at radius 1 is 1.17 bits per heavy atom. The molecule has 0 aromatic rings. The predicted molar refractivity (Wildman–Crippen MR) is 50.6 cm³/mol. The van der Waals surface area contributed by atoms with Crippen LogP contribution >= 0.6 is 12.4 Å². The van der Waals surface area contributed by atoms with E-state index in [9.17, 15) is 4.79 Å². The highest BCUT2D eigenvalue weighted by Crippen LogP contribution is 2.41. The van der Waals surface area contributed by atoms with Crippen molar-refractivity contribution in [3.8, 4) is 0 Å². The van der Waals surface area contributed by atoms with E-state index in [0.29, 0.717) is 5.78 Å². The molecule has 1 N–H and O–H groups in total. The van der Waals surface area contributed by atoms with Gasteiger partial charge in [0.25, 0.3) is 0 Å². The van der Waals surface area contributed by atoms with Gasteiger partial charge in [-0.3, -0.25) is 4.79 Å². The van der Waals surface area contributed by atoms with Crippen LogP contribution in [-0.2, 0) is 4.79 Å². The number of piperidine rings is 1. The number of halogens is 1. The van der Waals surface area contributed by atoms with Crippen molar-refractivity contribution in [2.24, 2.45) is 5.41 Å². The third-order valence-corrected chi connectivity index (χ3v) is 3.21. The van der Waals surface area contributed by atoms with Crippen LogP contribution in [0.2, 0.25) is 0 Å². The normalized spacial score (nSPS) is 27.2. The van der Waals surface area contributed by atoms with E-state index in [4.69, 9.17) is 0 Å². The summed E-state index contributed by atoms with van der Waals surface area (Å²) in [7, 11) is 0. The monoisotopic (exact) mass is 189 g/mol. The lowest BCUT2D eigenvalue weighted by atomic mass is 9.77. The lowest BCUT2D eigenvalue weighted by Gasteiger charge is -2.31. The number of Topliss-reactive ketones (excluding diaryl/α,β-unsaturated/α-hetero) is 1. The molecule has 1 saturated heterocycles. The summed E-state index contributed by atoms with van der Waals surface area (Å²) in [6.07, 6.45) is 5.32. The maximum Gasteiger partial charge on any atom is 0.139 e. The molecule has 12 heavy (non-hydrogen) atoms. The molecule has 2 fully saturated rings. The Kier molecular flexibility index (Phi) is 3.13. The Labute approximate surface area is 79.5 Å². The standard InChI is InChI=1S/C9H15NO.ClH/c11-8-2-1-3-9(8)4-6-10-7-5-9;/h10H,1-7H2;1H. The van der Waals surface area contributed by atoms with E-state index in [1.54, 1.807) is 0 Å². The number of carbonyl (C=O) groups is 1. The maximum absolute atomic E-state index is 11.5. The Bertz CT molecular complexity index is 175. The van der Waals surface area contributed by atoms with Crippen LogP contribution in [-0.4, -0.2) is 18.9 Å². The molecule has 3 heteroatoms. The van der Waals surface area contributed by atoms with Gasteiger partial charge in [-0.2, -0.15) is 0 Å². The Hall–Kier alpha value is -0.0800. The third-order valence-electron chi connectivity index (χ3n) is 3.21. The third kappa shape index (κ3) is 1.50. The van der Waals surface area contributed by atoms with Crippen molar-refractivity contribution < 1.29 is 4.79 Å². The molecule has 2 nitrogen and oxygen atoms in total. The van der Waals surface area contributed by atoms with Crippen LogP contribution in [0.5, 0.6) is 0 Å². The molecule has 1 spiro atoms. The van der Waals surface area contributed by atoms with Crippen molar-refractivity contribution >= 4 is 18.2 Å². The highest BCUT2D eigenvalue weighted by Gasteiger charge is 2.41. The van der Waals surface area contributed by atoms with Crippen molar-refractivity contribution in [3.05, 3.63) is 0 Å². The molecule has 0 aromatic carbocycles. The largest absolute Gasteiger partial charge is 0.317 e. The van der Waals surface area contributed by atoms with Crippen molar-refractivity contribution in [2.45, 2.75) is 32.1 Å². The molecule has 2 aliphatic rings. The number of rotatable bonds is 0. The summed E-state index contributed by atoms with van der Waals surface area (Å²) in [5.41, 5.74) is 0.130. The highest BCUT2D eigenvalue weighted by atomic mass is 35.5. The van der Waals surface area contributed by atoms with E-state index >= 15 is 0 Å². The quantitative estimate of drug-likeness (QED) is 0.626. The summed E-state index contributed by atoms with van der Waals surface area (Å²) in [4.78, 5) is 11.5. The first-order chi connectivity index (χ1) is 5.33. The van der Waals surface area contributed by atoms with E-state index in [1.165, 1.54) is 0 Å². The summed E-state index contributed by atoms with van der Waals surface area (Å²) in [6.45, 7) is 2.09. The van der Waals surface area contributed by atoms with Crippen LogP contribution in [0.1, 0.15) is 32.1 Å². The van der Waals surface area contributed by atoms with Gasteiger partial charge >= 0.3 is 0 Å². The van der Waals surface area contributed by atoms with Gasteiger partial charge in [0.2, 0.25) is 0 Å². The van der Waals surface area contributed by atoms with E-state index in [1.807, 2.05) is 0 Å². The van der Waals surface area contributed by atoms with Crippen LogP contribution in [0, 0.1) is 5.41 Å². The minimum Gasteiger partial charge on any atom is -0.317 e. The van der Waals surface area contributed by atoms with Crippen LogP contribution in [0.15, 0.2) is 0 Å². The number of hydrogen-bond donors (Lipinski definition) is 1. The molecule has 0 aromatic heterocycles. The molecule has 0 unspecified atom stereocenters. The molecular weight excluding hydrogens is 174 g/mol. The zero-order chi connectivity index (χ0) is 7.73. The Morgan fingerprint density at radius 2 is 1.83 bits per heavy atom. The zero-order valence-electron chi connectivity index (χ0n) is 7.27. The molecule has 0 radical (unpaired) electrons. The van der Waals surface area contributed by atoms with E-state index in [2.05, 4.69) is 5.32 Å². The molecule has 0 atom stereocenters. The molecule has 0 amide bonds. The number of ketones is 1. The van der Waals surface area contributed by atoms with Crippen LogP contribution < -0.4 is 5.32 Å². The van der Waals surface area contributed by atoms with Gasteiger partial charge < -0.3 is 5.32 Å². The van der Waals surface area contributed by atoms with Gasteiger partial charge in [-0.25, -0.2) is 0 Å².